The van der Waals surface area contributed by atoms with Crippen LogP contribution in [0, 0.1) is 0 Å². The number of nitrogens with zero attached hydrogens (tertiary/aromatic N) is 1. The Kier molecular flexibility index (Phi) is 47.6. The quantitative estimate of drug-likeness (QED) is 0.0195. The van der Waals surface area contributed by atoms with Crippen molar-refractivity contribution in [2.75, 3.05) is 47.5 Å². The van der Waals surface area contributed by atoms with E-state index in [0.29, 0.717) is 23.9 Å². The number of hydrogen-bond donors (Lipinski definition) is 0. The summed E-state index contributed by atoms with van der Waals surface area (Å²) in [5.74, 6) is -2.42. The summed E-state index contributed by atoms with van der Waals surface area (Å²) in [6.45, 7) is 4.38. The van der Waals surface area contributed by atoms with E-state index in [0.717, 1.165) is 116 Å². The molecule has 0 aliphatic carbocycles. The molecule has 2 unspecified atom stereocenters. The zero-order valence-electron chi connectivity index (χ0n) is 44.8. The molecule has 0 aliphatic heterocycles. The van der Waals surface area contributed by atoms with Crippen LogP contribution < -0.4 is 5.11 Å². The number of ether oxygens (including phenoxy) is 4. The van der Waals surface area contributed by atoms with Gasteiger partial charge in [0, 0.05) is 12.8 Å². The lowest BCUT2D eigenvalue weighted by atomic mass is 10.1. The summed E-state index contributed by atoms with van der Waals surface area (Å²) in [6.07, 6.45) is 72.9. The highest BCUT2D eigenvalue weighted by atomic mass is 16.7. The number of carboxylic acid groups (broad SMARTS) is 1. The highest BCUT2D eigenvalue weighted by molar-refractivity contribution is 5.70. The zero-order valence-corrected chi connectivity index (χ0v) is 44.8. The molecule has 0 N–H and O–H groups in total. The first-order chi connectivity index (χ1) is 34.6. The molecule has 0 aromatic heterocycles. The van der Waals surface area contributed by atoms with Gasteiger partial charge in [-0.25, -0.2) is 0 Å². The van der Waals surface area contributed by atoms with Crippen LogP contribution in [-0.2, 0) is 33.3 Å². The van der Waals surface area contributed by atoms with Crippen LogP contribution in [0.25, 0.3) is 0 Å². The molecule has 0 aliphatic rings. The third-order valence-corrected chi connectivity index (χ3v) is 10.3. The molecule has 0 spiro atoms. The van der Waals surface area contributed by atoms with Gasteiger partial charge in [-0.1, -0.05) is 178 Å². The fourth-order valence-electron chi connectivity index (χ4n) is 6.22. The van der Waals surface area contributed by atoms with Crippen molar-refractivity contribution in [1.29, 1.82) is 0 Å². The molecule has 0 aromatic carbocycles. The summed E-state index contributed by atoms with van der Waals surface area (Å²) in [5.41, 5.74) is 0. The van der Waals surface area contributed by atoms with Gasteiger partial charge in [-0.3, -0.25) is 9.59 Å². The van der Waals surface area contributed by atoms with Crippen LogP contribution in [0.5, 0.6) is 0 Å². The lowest BCUT2D eigenvalue weighted by molar-refractivity contribution is -0.870. The number of quaternary nitrogens is 1. The molecule has 0 saturated heterocycles. The number of aliphatic carboxylic acids is 1. The number of hydrogen-bond acceptors (Lipinski definition) is 8. The molecule has 0 saturated carbocycles. The zero-order chi connectivity index (χ0) is 52.0. The van der Waals surface area contributed by atoms with Crippen LogP contribution in [0.1, 0.15) is 155 Å². The Morgan fingerprint density at radius 3 is 1.13 bits per heavy atom. The molecule has 0 bridgehead atoms. The van der Waals surface area contributed by atoms with E-state index in [4.69, 9.17) is 18.9 Å². The van der Waals surface area contributed by atoms with E-state index in [2.05, 4.69) is 172 Å². The molecule has 71 heavy (non-hydrogen) atoms. The third kappa shape index (κ3) is 52.6. The van der Waals surface area contributed by atoms with E-state index >= 15 is 0 Å². The van der Waals surface area contributed by atoms with Crippen molar-refractivity contribution in [3.63, 3.8) is 0 Å². The van der Waals surface area contributed by atoms with E-state index in [1.807, 2.05) is 21.1 Å². The van der Waals surface area contributed by atoms with Crippen molar-refractivity contribution in [3.05, 3.63) is 158 Å². The lowest BCUT2D eigenvalue weighted by Gasteiger charge is -2.26. The Bertz CT molecular complexity index is 1710. The van der Waals surface area contributed by atoms with Gasteiger partial charge in [0.05, 0.1) is 40.3 Å². The summed E-state index contributed by atoms with van der Waals surface area (Å²) in [7, 11) is 5.87. The van der Waals surface area contributed by atoms with Gasteiger partial charge in [-0.05, 0) is 122 Å². The van der Waals surface area contributed by atoms with Crippen molar-refractivity contribution in [3.8, 4) is 0 Å². The monoisotopic (exact) mass is 982 g/mol. The van der Waals surface area contributed by atoms with Gasteiger partial charge in [0.2, 0.25) is 0 Å². The Labute approximate surface area is 432 Å². The Balaban J connectivity index is 4.51. The average Bonchev–Trinajstić information content (AvgIpc) is 3.34. The number of carbonyl (C=O) groups excluding carboxylic acids is 3. The molecule has 9 heteroatoms. The molecule has 396 valence electrons. The molecule has 0 amide bonds. The van der Waals surface area contributed by atoms with Crippen molar-refractivity contribution in [2.24, 2.45) is 0 Å². The molecule has 2 atom stereocenters. The Morgan fingerprint density at radius 1 is 0.423 bits per heavy atom. The van der Waals surface area contributed by atoms with Crippen molar-refractivity contribution in [1.82, 2.24) is 0 Å². The van der Waals surface area contributed by atoms with Crippen LogP contribution in [0.3, 0.4) is 0 Å². The normalized spacial score (nSPS) is 14.1. The molecule has 0 fully saturated rings. The molecule has 9 nitrogen and oxygen atoms in total. The summed E-state index contributed by atoms with van der Waals surface area (Å²) in [5, 5.41) is 11.8. The van der Waals surface area contributed by atoms with Crippen LogP contribution in [0.2, 0.25) is 0 Å². The first kappa shape index (κ1) is 65.9. The standard InChI is InChI=1S/C62H95NO8/c1-6-8-10-12-14-16-18-20-22-24-26-27-28-29-30-31-32-33-35-37-39-41-43-45-47-49-51-53-60(65)71-58(57-70-62(61(66)67)68-55-54-63(3,4)5)56-69-59(64)52-50-48-46-44-42-40-38-36-34-25-23-21-19-17-15-13-11-9-7-2/h8-11,14-17,20-23,26-27,29-30,32-34,36-37,39-40,42-43,45,58,62H,6-7,12-13,18-19,24-25,28,31,35,38,41,44,46-57H2,1-5H3/b10-8-,11-9-,16-14-,17-15-,22-20-,23-21-,27-26-,30-29-,33-32-,36-34-,39-37-,42-40-,45-43-. The predicted octanol–water partition coefficient (Wildman–Crippen LogP) is 14.1. The van der Waals surface area contributed by atoms with Crippen molar-refractivity contribution >= 4 is 17.9 Å². The minimum Gasteiger partial charge on any atom is -0.545 e. The SMILES string of the molecule is CC/C=C\C/C=C\C/C=C\C/C=C\C/C=C\C/C=C\C/C=C\C/C=C\CCCCC(=O)OC(COC(=O)CCCCC/C=C\C/C=C\C/C=C\C/C=C\C/C=C\CC)COC(OCC[N+](C)(C)C)C(=O)[O-]. The van der Waals surface area contributed by atoms with Crippen LogP contribution >= 0.6 is 0 Å². The maximum Gasteiger partial charge on any atom is 0.306 e. The smallest absolute Gasteiger partial charge is 0.306 e. The summed E-state index contributed by atoms with van der Waals surface area (Å²) in [6, 6.07) is 0. The highest BCUT2D eigenvalue weighted by Crippen LogP contribution is 2.10. The second-order valence-electron chi connectivity index (χ2n) is 18.0. The lowest BCUT2D eigenvalue weighted by Crippen LogP contribution is -2.44. The average molecular weight is 982 g/mol. The van der Waals surface area contributed by atoms with Gasteiger partial charge in [-0.2, -0.15) is 0 Å². The number of carbonyl (C=O) groups is 3. The van der Waals surface area contributed by atoms with E-state index in [9.17, 15) is 19.5 Å². The summed E-state index contributed by atoms with van der Waals surface area (Å²) >= 11 is 0. The van der Waals surface area contributed by atoms with Gasteiger partial charge < -0.3 is 33.3 Å². The predicted molar refractivity (Wildman–Crippen MR) is 296 cm³/mol. The van der Waals surface area contributed by atoms with Gasteiger partial charge in [-0.15, -0.1) is 0 Å². The first-order valence-electron chi connectivity index (χ1n) is 26.6. The van der Waals surface area contributed by atoms with E-state index < -0.39 is 30.3 Å². The molecule has 0 radical (unpaired) electrons. The minimum absolute atomic E-state index is 0.123. The van der Waals surface area contributed by atoms with Gasteiger partial charge in [0.25, 0.3) is 0 Å². The van der Waals surface area contributed by atoms with E-state index in [-0.39, 0.29) is 32.7 Å². The largest absolute Gasteiger partial charge is 0.545 e. The van der Waals surface area contributed by atoms with Crippen molar-refractivity contribution in [2.45, 2.75) is 167 Å². The number of rotatable bonds is 46. The number of likely N-dealkylation sites (N-methyl/N-ethyl adjacent to an activating group) is 1. The van der Waals surface area contributed by atoms with Crippen LogP contribution in [0.15, 0.2) is 158 Å². The molecular formula is C62H95NO8. The first-order valence-corrected chi connectivity index (χ1v) is 26.6. The van der Waals surface area contributed by atoms with Crippen molar-refractivity contribution < 1.29 is 42.9 Å². The van der Waals surface area contributed by atoms with Gasteiger partial charge in [0.1, 0.15) is 13.2 Å². The molecule has 0 rings (SSSR count). The second kappa shape index (κ2) is 51.3. The highest BCUT2D eigenvalue weighted by Gasteiger charge is 2.21. The summed E-state index contributed by atoms with van der Waals surface area (Å²) in [4.78, 5) is 37.2. The van der Waals surface area contributed by atoms with Gasteiger partial charge in [0.15, 0.2) is 12.4 Å². The number of allylic oxidation sites excluding steroid dienone is 26. The minimum atomic E-state index is -1.65. The molecule has 0 heterocycles. The van der Waals surface area contributed by atoms with Crippen LogP contribution in [-0.4, -0.2) is 82.3 Å². The van der Waals surface area contributed by atoms with Crippen LogP contribution in [0.4, 0.5) is 0 Å². The maximum absolute atomic E-state index is 12.8. The third-order valence-electron chi connectivity index (χ3n) is 10.3. The van der Waals surface area contributed by atoms with E-state index in [1.165, 1.54) is 0 Å². The number of esters is 2. The molecule has 0 aromatic rings. The molecular weight excluding hydrogens is 887 g/mol. The van der Waals surface area contributed by atoms with Gasteiger partial charge >= 0.3 is 11.9 Å². The Hall–Kier alpha value is -5.09. The fraction of sp³-hybridized carbons (Fsp3) is 0.532. The number of carboxylic acids is 1. The maximum atomic E-state index is 12.8. The van der Waals surface area contributed by atoms with E-state index in [1.54, 1.807) is 0 Å². The second-order valence-corrected chi connectivity index (χ2v) is 18.0. The fourth-order valence-corrected chi connectivity index (χ4v) is 6.22. The summed E-state index contributed by atoms with van der Waals surface area (Å²) < 4.78 is 22.5. The topological polar surface area (TPSA) is 111 Å². The Morgan fingerprint density at radius 2 is 0.761 bits per heavy atom. The number of unbranched alkanes of at least 4 members (excludes halogenated alkanes) is 5.